The molecule has 6 heteroatoms. The molecule has 1 aliphatic rings. The minimum absolute atomic E-state index is 0.0324. The van der Waals surface area contributed by atoms with Crippen LogP contribution in [0.2, 0.25) is 0 Å². The molecule has 1 fully saturated rings. The highest BCUT2D eigenvalue weighted by Crippen LogP contribution is 2.17. The first-order valence-corrected chi connectivity index (χ1v) is 5.72. The number of nitrogens with zero attached hydrogens (tertiary/aromatic N) is 1. The Hall–Kier alpha value is -1.14. The van der Waals surface area contributed by atoms with E-state index < -0.39 is 5.97 Å². The summed E-state index contributed by atoms with van der Waals surface area (Å²) in [7, 11) is 1.59. The lowest BCUT2D eigenvalue weighted by Crippen LogP contribution is -2.30. The molecule has 0 unspecified atom stereocenters. The van der Waals surface area contributed by atoms with Gasteiger partial charge in [-0.1, -0.05) is 0 Å². The van der Waals surface area contributed by atoms with Crippen molar-refractivity contribution in [1.82, 2.24) is 4.90 Å². The van der Waals surface area contributed by atoms with E-state index in [1.165, 1.54) is 0 Å². The number of hydrogen-bond acceptors (Lipinski definition) is 4. The Labute approximate surface area is 100 Å². The van der Waals surface area contributed by atoms with Gasteiger partial charge in [-0.05, 0) is 6.92 Å². The summed E-state index contributed by atoms with van der Waals surface area (Å²) >= 11 is 0. The molecule has 0 bridgehead atoms. The molecule has 0 radical (unpaired) electrons. The molecule has 98 valence electrons. The SMILES string of the molecule is CCO[C@H]1CN(C(=O)CCC(=O)O)C[C@H]1OC. The van der Waals surface area contributed by atoms with Gasteiger partial charge in [-0.15, -0.1) is 0 Å². The van der Waals surface area contributed by atoms with Crippen molar-refractivity contribution in [2.45, 2.75) is 32.0 Å². The van der Waals surface area contributed by atoms with Gasteiger partial charge in [0.05, 0.1) is 6.42 Å². The van der Waals surface area contributed by atoms with Crippen LogP contribution in [0.1, 0.15) is 19.8 Å². The van der Waals surface area contributed by atoms with Gasteiger partial charge >= 0.3 is 5.97 Å². The van der Waals surface area contributed by atoms with Crippen molar-refractivity contribution in [3.05, 3.63) is 0 Å². The van der Waals surface area contributed by atoms with E-state index in [4.69, 9.17) is 14.6 Å². The van der Waals surface area contributed by atoms with E-state index >= 15 is 0 Å². The number of carbonyl (C=O) groups excluding carboxylic acids is 1. The highest BCUT2D eigenvalue weighted by molar-refractivity contribution is 5.81. The van der Waals surface area contributed by atoms with Crippen molar-refractivity contribution in [1.29, 1.82) is 0 Å². The normalized spacial score (nSPS) is 24.0. The molecule has 1 amide bonds. The van der Waals surface area contributed by atoms with Crippen molar-refractivity contribution >= 4 is 11.9 Å². The zero-order valence-corrected chi connectivity index (χ0v) is 10.2. The number of rotatable bonds is 6. The summed E-state index contributed by atoms with van der Waals surface area (Å²) in [6.45, 7) is 3.41. The molecule has 1 rings (SSSR count). The van der Waals surface area contributed by atoms with E-state index in [0.717, 1.165) is 0 Å². The second kappa shape index (κ2) is 6.56. The summed E-state index contributed by atoms with van der Waals surface area (Å²) in [5, 5.41) is 8.52. The summed E-state index contributed by atoms with van der Waals surface area (Å²) in [6.07, 6.45) is -0.334. The van der Waals surface area contributed by atoms with Crippen molar-refractivity contribution in [2.24, 2.45) is 0 Å². The molecule has 0 aliphatic carbocycles. The maximum atomic E-state index is 11.7. The number of likely N-dealkylation sites (tertiary alicyclic amines) is 1. The maximum absolute atomic E-state index is 11.7. The molecule has 2 atom stereocenters. The monoisotopic (exact) mass is 245 g/mol. The quantitative estimate of drug-likeness (QED) is 0.719. The number of methoxy groups -OCH3 is 1. The third-order valence-corrected chi connectivity index (χ3v) is 2.80. The Morgan fingerprint density at radius 1 is 1.29 bits per heavy atom. The van der Waals surface area contributed by atoms with Crippen LogP contribution in [0, 0.1) is 0 Å². The molecule has 0 spiro atoms. The molecule has 6 nitrogen and oxygen atoms in total. The van der Waals surface area contributed by atoms with E-state index in [1.54, 1.807) is 12.0 Å². The zero-order chi connectivity index (χ0) is 12.8. The van der Waals surface area contributed by atoms with E-state index in [0.29, 0.717) is 19.7 Å². The van der Waals surface area contributed by atoms with Crippen molar-refractivity contribution in [2.75, 3.05) is 26.8 Å². The Kier molecular flexibility index (Phi) is 5.37. The molecule has 0 aromatic heterocycles. The van der Waals surface area contributed by atoms with Crippen LogP contribution >= 0.6 is 0 Å². The predicted molar refractivity (Wildman–Crippen MR) is 59.7 cm³/mol. The lowest BCUT2D eigenvalue weighted by atomic mass is 10.2. The molecular formula is C11H19NO5. The van der Waals surface area contributed by atoms with Crippen LogP contribution in [0.4, 0.5) is 0 Å². The Morgan fingerprint density at radius 3 is 2.47 bits per heavy atom. The van der Waals surface area contributed by atoms with Crippen LogP contribution in [0.5, 0.6) is 0 Å². The van der Waals surface area contributed by atoms with Gasteiger partial charge in [0.2, 0.25) is 5.91 Å². The maximum Gasteiger partial charge on any atom is 0.303 e. The first-order valence-electron chi connectivity index (χ1n) is 5.72. The molecule has 0 aromatic carbocycles. The molecule has 0 aromatic rings. The molecule has 1 aliphatic heterocycles. The summed E-state index contributed by atoms with van der Waals surface area (Å²) in [6, 6.07) is 0. The largest absolute Gasteiger partial charge is 0.481 e. The third-order valence-electron chi connectivity index (χ3n) is 2.80. The van der Waals surface area contributed by atoms with E-state index in [1.807, 2.05) is 6.92 Å². The minimum Gasteiger partial charge on any atom is -0.481 e. The minimum atomic E-state index is -0.956. The highest BCUT2D eigenvalue weighted by atomic mass is 16.5. The average Bonchev–Trinajstić information content (AvgIpc) is 2.69. The predicted octanol–water partition coefficient (Wildman–Crippen LogP) is 0.114. The van der Waals surface area contributed by atoms with Gasteiger partial charge in [0.1, 0.15) is 12.2 Å². The fraction of sp³-hybridized carbons (Fsp3) is 0.818. The smallest absolute Gasteiger partial charge is 0.303 e. The van der Waals surface area contributed by atoms with Crippen LogP contribution in [-0.4, -0.2) is 60.9 Å². The molecule has 1 N–H and O–H groups in total. The molecule has 1 heterocycles. The number of aliphatic carboxylic acids is 1. The number of carboxylic acid groups (broad SMARTS) is 1. The summed E-state index contributed by atoms with van der Waals surface area (Å²) in [5.74, 6) is -1.11. The Morgan fingerprint density at radius 2 is 1.94 bits per heavy atom. The van der Waals surface area contributed by atoms with Gasteiger partial charge in [-0.2, -0.15) is 0 Å². The second-order valence-corrected chi connectivity index (χ2v) is 3.96. The van der Waals surface area contributed by atoms with Crippen LogP contribution < -0.4 is 0 Å². The molecule has 0 saturated carbocycles. The van der Waals surface area contributed by atoms with Crippen LogP contribution in [0.25, 0.3) is 0 Å². The van der Waals surface area contributed by atoms with Crippen LogP contribution in [0.3, 0.4) is 0 Å². The summed E-state index contributed by atoms with van der Waals surface area (Å²) in [4.78, 5) is 23.7. The van der Waals surface area contributed by atoms with Crippen LogP contribution in [0.15, 0.2) is 0 Å². The van der Waals surface area contributed by atoms with Gasteiger partial charge in [0, 0.05) is 33.2 Å². The molecule has 17 heavy (non-hydrogen) atoms. The lowest BCUT2D eigenvalue weighted by molar-refractivity contribution is -0.140. The van der Waals surface area contributed by atoms with Gasteiger partial charge in [-0.3, -0.25) is 9.59 Å². The highest BCUT2D eigenvalue weighted by Gasteiger charge is 2.35. The number of carbonyl (C=O) groups is 2. The second-order valence-electron chi connectivity index (χ2n) is 3.96. The Bertz CT molecular complexity index is 281. The number of carboxylic acids is 1. The van der Waals surface area contributed by atoms with Gasteiger partial charge in [0.15, 0.2) is 0 Å². The van der Waals surface area contributed by atoms with Crippen molar-refractivity contribution in [3.63, 3.8) is 0 Å². The number of amides is 1. The third kappa shape index (κ3) is 3.98. The van der Waals surface area contributed by atoms with Crippen molar-refractivity contribution < 1.29 is 24.2 Å². The summed E-state index contributed by atoms with van der Waals surface area (Å²) in [5.41, 5.74) is 0. The standard InChI is InChI=1S/C11H19NO5/c1-3-17-9-7-12(6-8(9)16-2)10(13)4-5-11(14)15/h8-9H,3-7H2,1-2H3,(H,14,15)/t8-,9+/m1/s1. The van der Waals surface area contributed by atoms with E-state index in [2.05, 4.69) is 0 Å². The molecule has 1 saturated heterocycles. The first kappa shape index (κ1) is 13.9. The van der Waals surface area contributed by atoms with E-state index in [9.17, 15) is 9.59 Å². The van der Waals surface area contributed by atoms with Crippen molar-refractivity contribution in [3.8, 4) is 0 Å². The fourth-order valence-electron chi connectivity index (χ4n) is 1.92. The van der Waals surface area contributed by atoms with Gasteiger partial charge < -0.3 is 19.5 Å². The summed E-state index contributed by atoms with van der Waals surface area (Å²) < 4.78 is 10.7. The van der Waals surface area contributed by atoms with Gasteiger partial charge in [0.25, 0.3) is 0 Å². The molecular weight excluding hydrogens is 226 g/mol. The van der Waals surface area contributed by atoms with Crippen LogP contribution in [-0.2, 0) is 19.1 Å². The van der Waals surface area contributed by atoms with Gasteiger partial charge in [-0.25, -0.2) is 0 Å². The zero-order valence-electron chi connectivity index (χ0n) is 10.2. The number of ether oxygens (including phenoxy) is 2. The average molecular weight is 245 g/mol. The lowest BCUT2D eigenvalue weighted by Gasteiger charge is -2.15. The Balaban J connectivity index is 2.45. The fourth-order valence-corrected chi connectivity index (χ4v) is 1.92. The first-order chi connectivity index (χ1) is 8.08. The van der Waals surface area contributed by atoms with E-state index in [-0.39, 0.29) is 31.0 Å². The number of hydrogen-bond donors (Lipinski definition) is 1. The topological polar surface area (TPSA) is 76.1 Å².